The van der Waals surface area contributed by atoms with E-state index < -0.39 is 11.9 Å². The molecule has 1 amide bonds. The number of hydrogen-bond donors (Lipinski definition) is 1. The van der Waals surface area contributed by atoms with Gasteiger partial charge in [-0.2, -0.15) is 0 Å². The van der Waals surface area contributed by atoms with Crippen LogP contribution in [-0.4, -0.2) is 30.0 Å². The Morgan fingerprint density at radius 1 is 1.04 bits per heavy atom. The lowest BCUT2D eigenvalue weighted by Gasteiger charge is -2.07. The number of nitrogens with one attached hydrogen (secondary N) is 1. The van der Waals surface area contributed by atoms with Crippen molar-refractivity contribution in [3.63, 3.8) is 0 Å². The van der Waals surface area contributed by atoms with Crippen LogP contribution < -0.4 is 5.32 Å². The van der Waals surface area contributed by atoms with Crippen LogP contribution in [0.5, 0.6) is 0 Å². The van der Waals surface area contributed by atoms with E-state index >= 15 is 0 Å². The number of anilines is 1. The molecule has 0 spiro atoms. The molecular weight excluding hydrogens is 357 g/mol. The number of ketones is 1. The molecule has 7 heteroatoms. The zero-order valence-corrected chi connectivity index (χ0v) is 15.0. The Kier molecular flexibility index (Phi) is 7.35. The molecule has 0 aliphatic heterocycles. The fourth-order valence-electron chi connectivity index (χ4n) is 2.01. The molecule has 0 aliphatic carbocycles. The molecule has 2 aromatic carbocycles. The third-order valence-electron chi connectivity index (χ3n) is 3.34. The lowest BCUT2D eigenvalue weighted by molar-refractivity contribution is -0.144. The second kappa shape index (κ2) is 9.72. The summed E-state index contributed by atoms with van der Waals surface area (Å²) in [6.07, 6.45) is 0. The second-order valence-corrected chi connectivity index (χ2v) is 6.45. The predicted molar refractivity (Wildman–Crippen MR) is 98.6 cm³/mol. The molecule has 0 atom stereocenters. The number of thioether (sulfide) groups is 1. The monoisotopic (exact) mass is 375 g/mol. The summed E-state index contributed by atoms with van der Waals surface area (Å²) in [5.74, 6) is -0.686. The fourth-order valence-corrected chi connectivity index (χ4v) is 2.79. The van der Waals surface area contributed by atoms with E-state index in [0.717, 1.165) is 5.56 Å². The predicted octanol–water partition coefficient (Wildman–Crippen LogP) is 3.44. The molecule has 0 radical (unpaired) electrons. The largest absolute Gasteiger partial charge is 0.455 e. The third-order valence-corrected chi connectivity index (χ3v) is 4.32. The van der Waals surface area contributed by atoms with Gasteiger partial charge in [-0.05, 0) is 48.9 Å². The van der Waals surface area contributed by atoms with Gasteiger partial charge in [0.15, 0.2) is 12.4 Å². The van der Waals surface area contributed by atoms with Crippen LogP contribution in [0.25, 0.3) is 0 Å². The van der Waals surface area contributed by atoms with E-state index in [1.54, 1.807) is 36.4 Å². The van der Waals surface area contributed by atoms with Gasteiger partial charge in [-0.3, -0.25) is 14.4 Å². The minimum atomic E-state index is -0.501. The first-order valence-corrected chi connectivity index (χ1v) is 8.98. The molecular formula is C19H18FNO4S. The van der Waals surface area contributed by atoms with E-state index in [4.69, 9.17) is 4.74 Å². The van der Waals surface area contributed by atoms with Crippen molar-refractivity contribution in [1.29, 1.82) is 0 Å². The van der Waals surface area contributed by atoms with Gasteiger partial charge in [0.05, 0.1) is 5.75 Å². The van der Waals surface area contributed by atoms with Crippen molar-refractivity contribution in [1.82, 2.24) is 0 Å². The zero-order valence-electron chi connectivity index (χ0n) is 14.2. The number of benzene rings is 2. The van der Waals surface area contributed by atoms with Gasteiger partial charge in [0.2, 0.25) is 0 Å². The van der Waals surface area contributed by atoms with Crippen LogP contribution in [0.1, 0.15) is 22.8 Å². The number of carbonyl (C=O) groups excluding carboxylic acids is 3. The summed E-state index contributed by atoms with van der Waals surface area (Å²) in [7, 11) is 0. The number of halogens is 1. The van der Waals surface area contributed by atoms with Gasteiger partial charge in [0.25, 0.3) is 5.91 Å². The summed E-state index contributed by atoms with van der Waals surface area (Å²) in [4.78, 5) is 34.6. The van der Waals surface area contributed by atoms with Gasteiger partial charge in [0, 0.05) is 17.0 Å². The number of carbonyl (C=O) groups is 3. The van der Waals surface area contributed by atoms with E-state index in [2.05, 4.69) is 5.32 Å². The molecule has 2 rings (SSSR count). The van der Waals surface area contributed by atoms with Crippen molar-refractivity contribution >= 4 is 35.1 Å². The Bertz CT molecular complexity index is 775. The van der Waals surface area contributed by atoms with Crippen LogP contribution in [0, 0.1) is 5.82 Å². The van der Waals surface area contributed by atoms with E-state index in [-0.39, 0.29) is 24.0 Å². The number of rotatable bonds is 8. The Hall–Kier alpha value is -2.67. The van der Waals surface area contributed by atoms with Crippen molar-refractivity contribution in [3.8, 4) is 0 Å². The number of amides is 1. The average molecular weight is 375 g/mol. The maximum atomic E-state index is 12.8. The van der Waals surface area contributed by atoms with Gasteiger partial charge < -0.3 is 10.1 Å². The highest BCUT2D eigenvalue weighted by atomic mass is 32.2. The molecule has 0 heterocycles. The van der Waals surface area contributed by atoms with Crippen molar-refractivity contribution in [2.24, 2.45) is 0 Å². The van der Waals surface area contributed by atoms with E-state index in [0.29, 0.717) is 17.0 Å². The Morgan fingerprint density at radius 2 is 1.69 bits per heavy atom. The summed E-state index contributed by atoms with van der Waals surface area (Å²) in [5.41, 5.74) is 1.96. The van der Waals surface area contributed by atoms with Crippen LogP contribution >= 0.6 is 11.8 Å². The summed E-state index contributed by atoms with van der Waals surface area (Å²) in [6.45, 7) is 1.07. The molecule has 5 nitrogen and oxygen atoms in total. The third kappa shape index (κ3) is 6.68. The first kappa shape index (κ1) is 19.7. The first-order valence-electron chi connectivity index (χ1n) is 7.82. The summed E-state index contributed by atoms with van der Waals surface area (Å²) >= 11 is 1.32. The first-order chi connectivity index (χ1) is 12.4. The van der Waals surface area contributed by atoms with Crippen LogP contribution in [0.4, 0.5) is 10.1 Å². The van der Waals surface area contributed by atoms with Crippen molar-refractivity contribution < 1.29 is 23.5 Å². The normalized spacial score (nSPS) is 10.2. The molecule has 0 saturated heterocycles. The second-order valence-electron chi connectivity index (χ2n) is 5.46. The van der Waals surface area contributed by atoms with Crippen molar-refractivity contribution in [2.75, 3.05) is 17.7 Å². The van der Waals surface area contributed by atoms with Gasteiger partial charge in [0.1, 0.15) is 5.82 Å². The average Bonchev–Trinajstić information content (AvgIpc) is 2.62. The number of Topliss-reactive ketones (excluding diaryl/α,β-unsaturated/α-hetero) is 1. The van der Waals surface area contributed by atoms with E-state index in [1.807, 2.05) is 0 Å². The maximum Gasteiger partial charge on any atom is 0.316 e. The highest BCUT2D eigenvalue weighted by molar-refractivity contribution is 7.99. The van der Waals surface area contributed by atoms with Crippen molar-refractivity contribution in [3.05, 3.63) is 65.5 Å². The Balaban J connectivity index is 1.67. The minimum absolute atomic E-state index is 0.0602. The minimum Gasteiger partial charge on any atom is -0.455 e. The molecule has 0 unspecified atom stereocenters. The number of ether oxygens (including phenoxy) is 1. The smallest absolute Gasteiger partial charge is 0.316 e. The zero-order chi connectivity index (χ0) is 18.9. The molecule has 26 heavy (non-hydrogen) atoms. The summed E-state index contributed by atoms with van der Waals surface area (Å²) in [6, 6.07) is 12.5. The van der Waals surface area contributed by atoms with Gasteiger partial charge in [-0.15, -0.1) is 11.8 Å². The lowest BCUT2D eigenvalue weighted by atomic mass is 10.1. The topological polar surface area (TPSA) is 72.5 Å². The van der Waals surface area contributed by atoms with Crippen LogP contribution in [0.15, 0.2) is 48.5 Å². The molecule has 0 fully saturated rings. The highest BCUT2D eigenvalue weighted by Gasteiger charge is 2.09. The number of esters is 1. The SMILES string of the molecule is CC(=O)c1ccc(NC(=O)COC(=O)CSCc2ccc(F)cc2)cc1. The molecule has 0 aromatic heterocycles. The Morgan fingerprint density at radius 3 is 2.31 bits per heavy atom. The molecule has 1 N–H and O–H groups in total. The standard InChI is InChI=1S/C19H18FNO4S/c1-13(22)15-4-8-17(9-5-15)21-18(23)10-25-19(24)12-26-11-14-2-6-16(20)7-3-14/h2-9H,10-12H2,1H3,(H,21,23). The molecule has 0 saturated carbocycles. The van der Waals surface area contributed by atoms with E-state index in [9.17, 15) is 18.8 Å². The molecule has 0 aliphatic rings. The summed E-state index contributed by atoms with van der Waals surface area (Å²) in [5, 5.41) is 2.58. The highest BCUT2D eigenvalue weighted by Crippen LogP contribution is 2.13. The van der Waals surface area contributed by atoms with E-state index in [1.165, 1.54) is 30.8 Å². The quantitative estimate of drug-likeness (QED) is 0.565. The van der Waals surface area contributed by atoms with Crippen LogP contribution in [0.2, 0.25) is 0 Å². The van der Waals surface area contributed by atoms with Gasteiger partial charge in [-0.1, -0.05) is 12.1 Å². The number of hydrogen-bond acceptors (Lipinski definition) is 5. The van der Waals surface area contributed by atoms with Crippen LogP contribution in [-0.2, 0) is 20.1 Å². The molecule has 136 valence electrons. The van der Waals surface area contributed by atoms with Gasteiger partial charge in [-0.25, -0.2) is 4.39 Å². The fraction of sp³-hybridized carbons (Fsp3) is 0.211. The Labute approximate surface area is 154 Å². The van der Waals surface area contributed by atoms with Crippen LogP contribution in [0.3, 0.4) is 0 Å². The van der Waals surface area contributed by atoms with Crippen molar-refractivity contribution in [2.45, 2.75) is 12.7 Å². The summed E-state index contributed by atoms with van der Waals surface area (Å²) < 4.78 is 17.7. The maximum absolute atomic E-state index is 12.8. The molecule has 2 aromatic rings. The lowest BCUT2D eigenvalue weighted by Crippen LogP contribution is -2.21. The molecule has 0 bridgehead atoms. The van der Waals surface area contributed by atoms with Gasteiger partial charge >= 0.3 is 5.97 Å².